The van der Waals surface area contributed by atoms with Crippen molar-refractivity contribution in [2.75, 3.05) is 31.3 Å². The molecule has 0 radical (unpaired) electrons. The van der Waals surface area contributed by atoms with Gasteiger partial charge < -0.3 is 24.1 Å². The zero-order chi connectivity index (χ0) is 33.4. The van der Waals surface area contributed by atoms with E-state index in [2.05, 4.69) is 25.4 Å². The third-order valence-corrected chi connectivity index (χ3v) is 8.23. The van der Waals surface area contributed by atoms with Crippen molar-refractivity contribution in [3.05, 3.63) is 82.4 Å². The van der Waals surface area contributed by atoms with Crippen molar-refractivity contribution in [2.24, 2.45) is 5.92 Å². The van der Waals surface area contributed by atoms with Gasteiger partial charge in [-0.3, -0.25) is 14.5 Å². The van der Waals surface area contributed by atoms with E-state index in [9.17, 15) is 19.5 Å². The molecule has 0 spiro atoms. The Balaban J connectivity index is 1.85. The van der Waals surface area contributed by atoms with Gasteiger partial charge in [-0.05, 0) is 74.6 Å². The Morgan fingerprint density at radius 3 is 2.46 bits per heavy atom. The monoisotopic (exact) mass is 648 g/mol. The number of rotatable bonds is 15. The number of Topliss-reactive ketones (excluding diaryl/α,β-unsaturated/α-hetero) is 1. The number of benzene rings is 2. The molecule has 1 aliphatic rings. The van der Waals surface area contributed by atoms with E-state index in [1.54, 1.807) is 49.4 Å². The quantitative estimate of drug-likeness (QED) is 0.0608. The van der Waals surface area contributed by atoms with Crippen molar-refractivity contribution in [3.63, 3.8) is 0 Å². The van der Waals surface area contributed by atoms with Gasteiger partial charge >= 0.3 is 11.9 Å². The van der Waals surface area contributed by atoms with Gasteiger partial charge in [-0.2, -0.15) is 0 Å². The molecule has 1 aromatic heterocycles. The highest BCUT2D eigenvalue weighted by Crippen LogP contribution is 2.45. The van der Waals surface area contributed by atoms with Gasteiger partial charge in [-0.25, -0.2) is 9.78 Å². The number of aliphatic hydroxyl groups excluding tert-OH is 1. The normalized spacial score (nSPS) is 15.7. The smallest absolute Gasteiger partial charge is 0.350 e. The second-order valence-corrected chi connectivity index (χ2v) is 12.0. The molecule has 0 aliphatic carbocycles. The van der Waals surface area contributed by atoms with E-state index in [0.717, 1.165) is 24.2 Å². The Bertz CT molecular complexity index is 1610. The molecule has 1 unspecified atom stereocenters. The molecule has 46 heavy (non-hydrogen) atoms. The van der Waals surface area contributed by atoms with Crippen LogP contribution in [0, 0.1) is 12.8 Å². The molecule has 244 valence electrons. The fraction of sp³-hybridized carbons (Fsp3) is 0.371. The molecule has 1 amide bonds. The second kappa shape index (κ2) is 15.6. The summed E-state index contributed by atoms with van der Waals surface area (Å²) >= 11 is 0.926. The summed E-state index contributed by atoms with van der Waals surface area (Å²) in [5.41, 5.74) is 1.01. The minimum Gasteiger partial charge on any atom is -0.507 e. The van der Waals surface area contributed by atoms with Crippen LogP contribution in [0.25, 0.3) is 5.76 Å². The molecule has 1 atom stereocenters. The van der Waals surface area contributed by atoms with Crippen molar-refractivity contribution in [1.82, 2.24) is 4.98 Å². The second-order valence-electron chi connectivity index (χ2n) is 11.0. The van der Waals surface area contributed by atoms with E-state index < -0.39 is 23.7 Å². The summed E-state index contributed by atoms with van der Waals surface area (Å²) in [6.07, 6.45) is 3.12. The molecule has 0 saturated carbocycles. The van der Waals surface area contributed by atoms with Crippen LogP contribution in [0.3, 0.4) is 0 Å². The molecule has 1 saturated heterocycles. The lowest BCUT2D eigenvalue weighted by molar-refractivity contribution is -0.132. The standard InChI is InChI=1S/C35H40N2O8S/c1-7-17-43-25-13-10-23(11-14-25)30(38)28-29(24-12-15-26(27(20-24)42-9-3)44-19-16-21(4)5)37(33(40)31(28)39)35-36-22(6)32(46-35)34(41)45-18-8-2/h8,10-15,20-21,29,38H,2,7,9,16-19H2,1,3-6H3/b30-28+. The number of anilines is 1. The summed E-state index contributed by atoms with van der Waals surface area (Å²) in [4.78, 5) is 46.1. The van der Waals surface area contributed by atoms with Crippen LogP contribution in [0.5, 0.6) is 17.2 Å². The third kappa shape index (κ3) is 7.59. The Morgan fingerprint density at radius 2 is 1.80 bits per heavy atom. The van der Waals surface area contributed by atoms with Crippen LogP contribution in [0.2, 0.25) is 0 Å². The molecule has 1 fully saturated rings. The highest BCUT2D eigenvalue weighted by Gasteiger charge is 2.48. The number of aliphatic hydroxyl groups is 1. The molecule has 1 N–H and O–H groups in total. The number of esters is 1. The SMILES string of the molecule is C=CCOC(=O)c1sc(N2C(=O)C(=O)/C(=C(/O)c3ccc(OCCC)cc3)C2c2ccc(OCCC(C)C)c(OCC)c2)nc1C. The van der Waals surface area contributed by atoms with Crippen LogP contribution in [0.15, 0.2) is 60.7 Å². The molecule has 3 aromatic rings. The van der Waals surface area contributed by atoms with Crippen molar-refractivity contribution >= 4 is 39.9 Å². The van der Waals surface area contributed by atoms with Crippen molar-refractivity contribution in [1.29, 1.82) is 0 Å². The van der Waals surface area contributed by atoms with Gasteiger partial charge in [0.05, 0.1) is 37.1 Å². The van der Waals surface area contributed by atoms with E-state index in [-0.39, 0.29) is 27.9 Å². The van der Waals surface area contributed by atoms with Crippen LogP contribution in [-0.4, -0.2) is 54.2 Å². The Morgan fingerprint density at radius 1 is 1.07 bits per heavy atom. The summed E-state index contributed by atoms with van der Waals surface area (Å²) in [5.74, 6) is -0.777. The van der Waals surface area contributed by atoms with E-state index in [0.29, 0.717) is 59.8 Å². The number of aryl methyl sites for hydroxylation is 1. The summed E-state index contributed by atoms with van der Waals surface area (Å²) < 4.78 is 22.8. The van der Waals surface area contributed by atoms with Gasteiger partial charge in [0.25, 0.3) is 5.78 Å². The molecule has 10 nitrogen and oxygen atoms in total. The molecular weight excluding hydrogens is 608 g/mol. The molecule has 4 rings (SSSR count). The predicted molar refractivity (Wildman–Crippen MR) is 177 cm³/mol. The maximum absolute atomic E-state index is 13.7. The van der Waals surface area contributed by atoms with Crippen molar-refractivity contribution < 1.29 is 38.4 Å². The Kier molecular flexibility index (Phi) is 11.6. The van der Waals surface area contributed by atoms with E-state index in [1.165, 1.54) is 11.0 Å². The number of hydrogen-bond donors (Lipinski definition) is 1. The first-order chi connectivity index (χ1) is 22.1. The number of aromatic nitrogens is 1. The maximum atomic E-state index is 13.7. The number of carbonyl (C=O) groups is 3. The molecule has 1 aliphatic heterocycles. The molecule has 0 bridgehead atoms. The van der Waals surface area contributed by atoms with Crippen LogP contribution in [-0.2, 0) is 14.3 Å². The zero-order valence-electron chi connectivity index (χ0n) is 26.8. The summed E-state index contributed by atoms with van der Waals surface area (Å²) in [6.45, 7) is 14.6. The summed E-state index contributed by atoms with van der Waals surface area (Å²) in [5, 5.41) is 11.7. The minimum absolute atomic E-state index is 0.00406. The van der Waals surface area contributed by atoms with Gasteiger partial charge in [0.15, 0.2) is 16.6 Å². The van der Waals surface area contributed by atoms with Gasteiger partial charge in [0.1, 0.15) is 23.0 Å². The summed E-state index contributed by atoms with van der Waals surface area (Å²) in [6, 6.07) is 10.7. The van der Waals surface area contributed by atoms with Crippen LogP contribution in [0.4, 0.5) is 5.13 Å². The van der Waals surface area contributed by atoms with E-state index in [1.807, 2.05) is 13.8 Å². The lowest BCUT2D eigenvalue weighted by Gasteiger charge is -2.24. The Hall–Kier alpha value is -4.64. The number of thiazole rings is 1. The van der Waals surface area contributed by atoms with E-state index >= 15 is 0 Å². The van der Waals surface area contributed by atoms with Gasteiger partial charge in [0.2, 0.25) is 0 Å². The highest BCUT2D eigenvalue weighted by atomic mass is 32.1. The van der Waals surface area contributed by atoms with E-state index in [4.69, 9.17) is 18.9 Å². The first-order valence-corrected chi connectivity index (χ1v) is 16.1. The van der Waals surface area contributed by atoms with Crippen LogP contribution >= 0.6 is 11.3 Å². The molecular formula is C35H40N2O8S. The molecule has 11 heteroatoms. The zero-order valence-corrected chi connectivity index (χ0v) is 27.6. The number of carbonyl (C=O) groups excluding carboxylic acids is 3. The maximum Gasteiger partial charge on any atom is 0.350 e. The first kappa shape index (κ1) is 34.2. The first-order valence-electron chi connectivity index (χ1n) is 15.3. The van der Waals surface area contributed by atoms with Crippen molar-refractivity contribution in [2.45, 2.75) is 53.5 Å². The number of ketones is 1. The highest BCUT2D eigenvalue weighted by molar-refractivity contribution is 7.17. The lowest BCUT2D eigenvalue weighted by atomic mass is 9.95. The van der Waals surface area contributed by atoms with Crippen LogP contribution < -0.4 is 19.1 Å². The molecule has 2 aromatic carbocycles. The average Bonchev–Trinajstić information content (AvgIpc) is 3.55. The van der Waals surface area contributed by atoms with Crippen molar-refractivity contribution in [3.8, 4) is 17.2 Å². The summed E-state index contributed by atoms with van der Waals surface area (Å²) in [7, 11) is 0. The Labute approximate surface area is 273 Å². The van der Waals surface area contributed by atoms with Crippen LogP contribution in [0.1, 0.15) is 73.1 Å². The largest absolute Gasteiger partial charge is 0.507 e. The van der Waals surface area contributed by atoms with Gasteiger partial charge in [-0.1, -0.05) is 50.8 Å². The fourth-order valence-electron chi connectivity index (χ4n) is 4.79. The predicted octanol–water partition coefficient (Wildman–Crippen LogP) is 7.03. The number of ether oxygens (including phenoxy) is 4. The third-order valence-electron chi connectivity index (χ3n) is 7.09. The average molecular weight is 649 g/mol. The lowest BCUT2D eigenvalue weighted by Crippen LogP contribution is -2.29. The number of hydrogen-bond acceptors (Lipinski definition) is 10. The topological polar surface area (TPSA) is 124 Å². The van der Waals surface area contributed by atoms with Gasteiger partial charge in [-0.15, -0.1) is 0 Å². The number of amides is 1. The fourth-order valence-corrected chi connectivity index (χ4v) is 5.78. The van der Waals surface area contributed by atoms with Gasteiger partial charge in [0, 0.05) is 5.56 Å². The minimum atomic E-state index is -1.09. The molecule has 2 heterocycles. The number of nitrogens with zero attached hydrogens (tertiary/aromatic N) is 2.